The Morgan fingerprint density at radius 1 is 1.10 bits per heavy atom. The van der Waals surface area contributed by atoms with E-state index in [9.17, 15) is 10.1 Å². The maximum Gasteiger partial charge on any atom is 0.151 e. The van der Waals surface area contributed by atoms with E-state index in [1.54, 1.807) is 18.5 Å². The summed E-state index contributed by atoms with van der Waals surface area (Å²) < 4.78 is 19.2. The number of nitrogens with zero attached hydrogens (tertiary/aromatic N) is 6. The van der Waals surface area contributed by atoms with Crippen molar-refractivity contribution < 1.29 is 9.18 Å². The van der Waals surface area contributed by atoms with Crippen LogP contribution in [0.3, 0.4) is 0 Å². The number of aromatic nitrogens is 4. The molecule has 7 rings (SSSR count). The molecule has 1 aliphatic carbocycles. The zero-order valence-electron chi connectivity index (χ0n) is 24.2. The van der Waals surface area contributed by atoms with Gasteiger partial charge in [0.1, 0.15) is 23.3 Å². The number of carbonyl (C=O) groups excluding carboxylic acids is 1. The number of benzene rings is 3. The molecule has 2 fully saturated rings. The minimum absolute atomic E-state index is 0.313. The normalized spacial score (nSPS) is 22.7. The number of aryl methyl sites for hydroxylation is 1. The van der Waals surface area contributed by atoms with Crippen molar-refractivity contribution in [3.8, 4) is 11.8 Å². The van der Waals surface area contributed by atoms with E-state index >= 15 is 4.39 Å². The summed E-state index contributed by atoms with van der Waals surface area (Å²) in [4.78, 5) is 15.1. The van der Waals surface area contributed by atoms with Crippen LogP contribution in [-0.4, -0.2) is 43.3 Å². The van der Waals surface area contributed by atoms with Crippen LogP contribution in [0.15, 0.2) is 48.8 Å². The molecule has 0 amide bonds. The maximum absolute atomic E-state index is 15.4. The molecule has 3 aromatic carbocycles. The van der Waals surface area contributed by atoms with Gasteiger partial charge in [0.2, 0.25) is 0 Å². The molecule has 0 N–H and O–H groups in total. The Bertz CT molecular complexity index is 1970. The second kappa shape index (κ2) is 9.90. The van der Waals surface area contributed by atoms with Gasteiger partial charge >= 0.3 is 0 Å². The van der Waals surface area contributed by atoms with Gasteiger partial charge in [0.05, 0.1) is 22.6 Å². The van der Waals surface area contributed by atoms with Gasteiger partial charge in [-0.05, 0) is 97.7 Å². The standard InChI is InChI=1S/C34H33FN6O/c1-21-5-4-8-40(17-21)18-24-11-27-29(35)6-7-30-32(27)28(12-24)31(19-42)41(30)26-10-23(16-36)9-25(13-26)34(14-22(2)15-34)33-38-37-20-39(33)3/h6-7,9-13,20-22H,4-5,8,14-15,17-18H2,1-3H3/t21-,22?,34?/m0/s1. The fourth-order valence-electron chi connectivity index (χ4n) is 7.73. The van der Waals surface area contributed by atoms with Crippen molar-refractivity contribution in [2.75, 3.05) is 13.1 Å². The first-order valence-electron chi connectivity index (χ1n) is 14.7. The van der Waals surface area contributed by atoms with Crippen LogP contribution in [0.25, 0.3) is 27.4 Å². The minimum Gasteiger partial charge on any atom is -0.320 e. The van der Waals surface area contributed by atoms with Crippen molar-refractivity contribution in [3.05, 3.63) is 82.5 Å². The van der Waals surface area contributed by atoms with Crippen molar-refractivity contribution >= 4 is 27.6 Å². The van der Waals surface area contributed by atoms with E-state index in [1.807, 2.05) is 34.4 Å². The van der Waals surface area contributed by atoms with E-state index in [0.29, 0.717) is 56.7 Å². The molecule has 0 unspecified atom stereocenters. The third-order valence-corrected chi connectivity index (χ3v) is 9.45. The van der Waals surface area contributed by atoms with Crippen LogP contribution in [0.4, 0.5) is 4.39 Å². The smallest absolute Gasteiger partial charge is 0.151 e. The number of rotatable bonds is 5. The summed E-state index contributed by atoms with van der Waals surface area (Å²) in [5, 5.41) is 20.9. The zero-order chi connectivity index (χ0) is 29.2. The fourth-order valence-corrected chi connectivity index (χ4v) is 7.73. The Morgan fingerprint density at radius 3 is 2.60 bits per heavy atom. The summed E-state index contributed by atoms with van der Waals surface area (Å²) >= 11 is 0. The predicted molar refractivity (Wildman–Crippen MR) is 159 cm³/mol. The van der Waals surface area contributed by atoms with Crippen molar-refractivity contribution in [2.24, 2.45) is 18.9 Å². The summed E-state index contributed by atoms with van der Waals surface area (Å²) in [6, 6.07) is 15.2. The lowest BCUT2D eigenvalue weighted by Gasteiger charge is -2.46. The molecule has 0 bridgehead atoms. The molecule has 2 aliphatic rings. The second-order valence-corrected chi connectivity index (χ2v) is 12.6. The van der Waals surface area contributed by atoms with Crippen molar-refractivity contribution in [3.63, 3.8) is 0 Å². The second-order valence-electron chi connectivity index (χ2n) is 12.6. The Kier molecular flexibility index (Phi) is 6.27. The van der Waals surface area contributed by atoms with Gasteiger partial charge in [-0.3, -0.25) is 9.47 Å². The summed E-state index contributed by atoms with van der Waals surface area (Å²) in [5.41, 5.74) is 3.44. The van der Waals surface area contributed by atoms with E-state index in [2.05, 4.69) is 47.0 Å². The number of hydrogen-bond donors (Lipinski definition) is 0. The lowest BCUT2D eigenvalue weighted by atomic mass is 9.58. The number of halogens is 1. The molecule has 1 saturated heterocycles. The summed E-state index contributed by atoms with van der Waals surface area (Å²) in [6.45, 7) is 7.21. The van der Waals surface area contributed by atoms with E-state index in [0.717, 1.165) is 49.3 Å². The van der Waals surface area contributed by atoms with Crippen LogP contribution in [0.5, 0.6) is 0 Å². The largest absolute Gasteiger partial charge is 0.320 e. The first kappa shape index (κ1) is 26.6. The van der Waals surface area contributed by atoms with Gasteiger partial charge < -0.3 is 4.57 Å². The highest BCUT2D eigenvalue weighted by Gasteiger charge is 2.48. The van der Waals surface area contributed by atoms with E-state index in [-0.39, 0.29) is 11.2 Å². The van der Waals surface area contributed by atoms with Crippen LogP contribution in [0.2, 0.25) is 0 Å². The fraction of sp³-hybridized carbons (Fsp3) is 0.382. The molecule has 212 valence electrons. The molecule has 0 spiro atoms. The van der Waals surface area contributed by atoms with E-state index < -0.39 is 0 Å². The van der Waals surface area contributed by atoms with Gasteiger partial charge in [0, 0.05) is 42.0 Å². The zero-order valence-corrected chi connectivity index (χ0v) is 24.2. The van der Waals surface area contributed by atoms with Crippen LogP contribution in [0.1, 0.15) is 62.0 Å². The Hall–Kier alpha value is -4.31. The first-order valence-corrected chi connectivity index (χ1v) is 14.7. The highest BCUT2D eigenvalue weighted by atomic mass is 19.1. The molecular weight excluding hydrogens is 527 g/mol. The quantitative estimate of drug-likeness (QED) is 0.299. The number of hydrogen-bond acceptors (Lipinski definition) is 5. The third kappa shape index (κ3) is 4.07. The third-order valence-electron chi connectivity index (χ3n) is 9.45. The van der Waals surface area contributed by atoms with E-state index in [1.165, 1.54) is 12.5 Å². The Labute approximate surface area is 243 Å². The van der Waals surface area contributed by atoms with Crippen LogP contribution in [0, 0.1) is 29.0 Å². The molecule has 1 atom stereocenters. The SMILES string of the molecule is CC1CC(c2cc(C#N)cc(-n3c(=C=O)c4cc(CN5CCC[C@H](C)C5)cc5c(F)ccc3c54)c2)(c2nncn2C)C1. The lowest BCUT2D eigenvalue weighted by molar-refractivity contribution is 0.176. The predicted octanol–water partition coefficient (Wildman–Crippen LogP) is 5.09. The van der Waals surface area contributed by atoms with Crippen molar-refractivity contribution in [2.45, 2.75) is 51.5 Å². The highest BCUT2D eigenvalue weighted by molar-refractivity contribution is 6.11. The van der Waals surface area contributed by atoms with Gasteiger partial charge in [-0.25, -0.2) is 9.18 Å². The van der Waals surface area contributed by atoms with Crippen LogP contribution < -0.4 is 5.35 Å². The van der Waals surface area contributed by atoms with Crippen LogP contribution >= 0.6 is 0 Å². The topological polar surface area (TPSA) is 79.7 Å². The van der Waals surface area contributed by atoms with Crippen molar-refractivity contribution in [1.82, 2.24) is 24.2 Å². The molecule has 42 heavy (non-hydrogen) atoms. The average Bonchev–Trinajstić information content (AvgIpc) is 3.54. The molecule has 2 aromatic heterocycles. The van der Waals surface area contributed by atoms with Gasteiger partial charge in [-0.2, -0.15) is 5.26 Å². The highest BCUT2D eigenvalue weighted by Crippen LogP contribution is 2.52. The molecule has 7 nitrogen and oxygen atoms in total. The number of piperidine rings is 1. The average molecular weight is 561 g/mol. The lowest BCUT2D eigenvalue weighted by Crippen LogP contribution is -2.43. The maximum atomic E-state index is 15.4. The Balaban J connectivity index is 1.44. The first-order chi connectivity index (χ1) is 20.3. The minimum atomic E-state index is -0.388. The van der Waals surface area contributed by atoms with Gasteiger partial charge in [-0.15, -0.1) is 10.2 Å². The van der Waals surface area contributed by atoms with Crippen molar-refractivity contribution in [1.29, 1.82) is 5.26 Å². The summed E-state index contributed by atoms with van der Waals surface area (Å²) in [7, 11) is 1.94. The van der Waals surface area contributed by atoms with Gasteiger partial charge in [0.25, 0.3) is 0 Å². The summed E-state index contributed by atoms with van der Waals surface area (Å²) in [6.07, 6.45) is 5.84. The van der Waals surface area contributed by atoms with Gasteiger partial charge in [-0.1, -0.05) is 13.8 Å². The molecular formula is C34H33FN6O. The van der Waals surface area contributed by atoms with Gasteiger partial charge in [0.15, 0.2) is 5.94 Å². The molecule has 8 heteroatoms. The Morgan fingerprint density at radius 2 is 1.90 bits per heavy atom. The molecule has 1 aliphatic heterocycles. The molecule has 1 saturated carbocycles. The molecule has 5 aromatic rings. The monoisotopic (exact) mass is 560 g/mol. The van der Waals surface area contributed by atoms with Crippen LogP contribution in [-0.2, 0) is 23.8 Å². The van der Waals surface area contributed by atoms with E-state index in [4.69, 9.17) is 0 Å². The molecule has 3 heterocycles. The molecule has 0 radical (unpaired) electrons. The number of nitriles is 1. The summed E-state index contributed by atoms with van der Waals surface area (Å²) in [5.74, 6) is 3.86. The number of likely N-dealkylation sites (tertiary alicyclic amines) is 1.